The van der Waals surface area contributed by atoms with Crippen LogP contribution in [0.3, 0.4) is 0 Å². The molecule has 100 valence electrons. The van der Waals surface area contributed by atoms with Crippen LogP contribution in [0.25, 0.3) is 0 Å². The molecule has 0 spiro atoms. The molecule has 1 N–H and O–H groups in total. The summed E-state index contributed by atoms with van der Waals surface area (Å²) in [6.45, 7) is 0. The number of ether oxygens (including phenoxy) is 1. The molecular weight excluding hydrogens is 252 g/mol. The van der Waals surface area contributed by atoms with Gasteiger partial charge in [0.25, 0.3) is 0 Å². The fourth-order valence-electron chi connectivity index (χ4n) is 1.72. The van der Waals surface area contributed by atoms with Crippen molar-refractivity contribution in [2.24, 2.45) is 0 Å². The molecule has 0 bridgehead atoms. The van der Waals surface area contributed by atoms with Crippen LogP contribution in [0.2, 0.25) is 0 Å². The zero-order valence-corrected chi connectivity index (χ0v) is 11.1. The first-order valence-electron chi connectivity index (χ1n) is 6.15. The third-order valence-electron chi connectivity index (χ3n) is 2.73. The highest BCUT2D eigenvalue weighted by atomic mass is 16.5. The van der Waals surface area contributed by atoms with Gasteiger partial charge in [-0.2, -0.15) is 0 Å². The lowest BCUT2D eigenvalue weighted by molar-refractivity contribution is -0.113. The van der Waals surface area contributed by atoms with E-state index >= 15 is 0 Å². The number of phenolic OH excluding ortho intramolecular Hbond substituents is 1. The minimum absolute atomic E-state index is 0.0497. The fourth-order valence-corrected chi connectivity index (χ4v) is 1.72. The second-order valence-corrected chi connectivity index (χ2v) is 4.22. The number of carbonyl (C=O) groups excluding carboxylic acids is 1. The molecule has 0 fully saturated rings. The van der Waals surface area contributed by atoms with Crippen molar-refractivity contribution in [2.45, 2.75) is 6.42 Å². The monoisotopic (exact) mass is 266 g/mol. The Balaban J connectivity index is 2.09. The minimum Gasteiger partial charge on any atom is -0.504 e. The number of phenols is 1. The lowest BCUT2D eigenvalue weighted by Crippen LogP contribution is -1.98. The Morgan fingerprint density at radius 1 is 1.20 bits per heavy atom. The van der Waals surface area contributed by atoms with E-state index in [-0.39, 0.29) is 11.5 Å². The predicted octanol–water partition coefficient (Wildman–Crippen LogP) is 2.56. The van der Waals surface area contributed by atoms with Crippen LogP contribution in [0.1, 0.15) is 11.1 Å². The molecule has 0 saturated carbocycles. The number of ketones is 1. The SMILES string of the molecule is COc1cc(C#CC(=O)Cc2ccccc2)ccc1O. The van der Waals surface area contributed by atoms with Gasteiger partial charge in [0.05, 0.1) is 7.11 Å². The maximum absolute atomic E-state index is 11.8. The molecule has 0 aliphatic rings. The Morgan fingerprint density at radius 2 is 1.95 bits per heavy atom. The number of aromatic hydroxyl groups is 1. The second kappa shape index (κ2) is 6.44. The molecule has 0 aromatic heterocycles. The van der Waals surface area contributed by atoms with E-state index in [2.05, 4.69) is 11.8 Å². The summed E-state index contributed by atoms with van der Waals surface area (Å²) >= 11 is 0. The molecule has 0 atom stereocenters. The summed E-state index contributed by atoms with van der Waals surface area (Å²) in [6.07, 6.45) is 0.295. The standard InChI is InChI=1S/C17H14O3/c1-20-17-12-14(8-10-16(17)19)7-9-15(18)11-13-5-3-2-4-6-13/h2-6,8,10,12,19H,11H2,1H3. The number of rotatable bonds is 3. The van der Waals surface area contributed by atoms with E-state index in [1.807, 2.05) is 30.3 Å². The highest BCUT2D eigenvalue weighted by molar-refractivity contribution is 5.97. The third-order valence-corrected chi connectivity index (χ3v) is 2.73. The summed E-state index contributed by atoms with van der Waals surface area (Å²) in [5, 5.41) is 9.47. The van der Waals surface area contributed by atoms with Crippen LogP contribution in [0.5, 0.6) is 11.5 Å². The van der Waals surface area contributed by atoms with Gasteiger partial charge in [0.15, 0.2) is 11.5 Å². The van der Waals surface area contributed by atoms with E-state index in [1.165, 1.54) is 13.2 Å². The lowest BCUT2D eigenvalue weighted by atomic mass is 10.1. The first-order chi connectivity index (χ1) is 9.69. The second-order valence-electron chi connectivity index (χ2n) is 4.22. The largest absolute Gasteiger partial charge is 0.504 e. The van der Waals surface area contributed by atoms with E-state index in [0.717, 1.165) is 5.56 Å². The molecule has 3 heteroatoms. The van der Waals surface area contributed by atoms with Gasteiger partial charge in [0.1, 0.15) is 0 Å². The molecule has 0 aliphatic carbocycles. The van der Waals surface area contributed by atoms with E-state index < -0.39 is 0 Å². The molecule has 2 aromatic carbocycles. The van der Waals surface area contributed by atoms with Gasteiger partial charge in [-0.3, -0.25) is 4.79 Å². The van der Waals surface area contributed by atoms with E-state index in [1.54, 1.807) is 12.1 Å². The van der Waals surface area contributed by atoms with Crippen molar-refractivity contribution < 1.29 is 14.6 Å². The van der Waals surface area contributed by atoms with Crippen molar-refractivity contribution >= 4 is 5.78 Å². The zero-order chi connectivity index (χ0) is 14.4. The minimum atomic E-state index is -0.150. The molecule has 0 heterocycles. The van der Waals surface area contributed by atoms with Crippen LogP contribution in [0.4, 0.5) is 0 Å². The molecule has 3 nitrogen and oxygen atoms in total. The van der Waals surface area contributed by atoms with Crippen molar-refractivity contribution in [3.8, 4) is 23.3 Å². The van der Waals surface area contributed by atoms with E-state index in [0.29, 0.717) is 17.7 Å². The van der Waals surface area contributed by atoms with Crippen LogP contribution >= 0.6 is 0 Å². The molecular formula is C17H14O3. The Kier molecular flexibility index (Phi) is 4.41. The van der Waals surface area contributed by atoms with Crippen LogP contribution < -0.4 is 4.74 Å². The van der Waals surface area contributed by atoms with Gasteiger partial charge in [0, 0.05) is 12.0 Å². The smallest absolute Gasteiger partial charge is 0.210 e. The molecule has 0 radical (unpaired) electrons. The van der Waals surface area contributed by atoms with Crippen LogP contribution in [0, 0.1) is 11.8 Å². The Labute approximate surface area is 117 Å². The maximum atomic E-state index is 11.8. The number of benzene rings is 2. The van der Waals surface area contributed by atoms with Crippen LogP contribution in [0.15, 0.2) is 48.5 Å². The number of Topliss-reactive ketones (excluding diaryl/α,β-unsaturated/α-hetero) is 1. The first kappa shape index (κ1) is 13.7. The predicted molar refractivity (Wildman–Crippen MR) is 76.7 cm³/mol. The summed E-state index contributed by atoms with van der Waals surface area (Å²) < 4.78 is 4.99. The van der Waals surface area contributed by atoms with Gasteiger partial charge in [-0.05, 0) is 29.7 Å². The summed E-state index contributed by atoms with van der Waals surface area (Å²) in [6, 6.07) is 14.2. The maximum Gasteiger partial charge on any atom is 0.210 e. The van der Waals surface area contributed by atoms with Crippen molar-refractivity contribution in [3.63, 3.8) is 0 Å². The average Bonchev–Trinajstić information content (AvgIpc) is 2.47. The number of hydrogen-bond acceptors (Lipinski definition) is 3. The van der Waals surface area contributed by atoms with Crippen LogP contribution in [-0.4, -0.2) is 18.0 Å². The van der Waals surface area contributed by atoms with Crippen LogP contribution in [-0.2, 0) is 11.2 Å². The quantitative estimate of drug-likeness (QED) is 0.868. The Hall–Kier alpha value is -2.73. The average molecular weight is 266 g/mol. The van der Waals surface area contributed by atoms with Gasteiger partial charge >= 0.3 is 0 Å². The van der Waals surface area contributed by atoms with Gasteiger partial charge in [-0.15, -0.1) is 0 Å². The molecule has 0 unspecified atom stereocenters. The summed E-state index contributed by atoms with van der Waals surface area (Å²) in [4.78, 5) is 11.8. The topological polar surface area (TPSA) is 46.5 Å². The first-order valence-corrected chi connectivity index (χ1v) is 6.15. The summed E-state index contributed by atoms with van der Waals surface area (Å²) in [5.41, 5.74) is 1.57. The van der Waals surface area contributed by atoms with Gasteiger partial charge in [0.2, 0.25) is 5.78 Å². The van der Waals surface area contributed by atoms with Crippen molar-refractivity contribution in [1.82, 2.24) is 0 Å². The zero-order valence-electron chi connectivity index (χ0n) is 11.1. The number of hydrogen-bond donors (Lipinski definition) is 1. The Bertz CT molecular complexity index is 664. The number of methoxy groups -OCH3 is 1. The van der Waals surface area contributed by atoms with Gasteiger partial charge in [-0.25, -0.2) is 0 Å². The fraction of sp³-hybridized carbons (Fsp3) is 0.118. The molecule has 0 aliphatic heterocycles. The van der Waals surface area contributed by atoms with Crippen molar-refractivity contribution in [2.75, 3.05) is 7.11 Å². The van der Waals surface area contributed by atoms with E-state index in [4.69, 9.17) is 4.74 Å². The summed E-state index contributed by atoms with van der Waals surface area (Å²) in [5.74, 6) is 5.61. The normalized spacial score (nSPS) is 9.45. The van der Waals surface area contributed by atoms with E-state index in [9.17, 15) is 9.90 Å². The number of carbonyl (C=O) groups is 1. The van der Waals surface area contributed by atoms with Crippen molar-refractivity contribution in [3.05, 3.63) is 59.7 Å². The third kappa shape index (κ3) is 3.63. The van der Waals surface area contributed by atoms with Gasteiger partial charge < -0.3 is 9.84 Å². The molecule has 0 amide bonds. The molecule has 0 saturated heterocycles. The van der Waals surface area contributed by atoms with Crippen molar-refractivity contribution in [1.29, 1.82) is 0 Å². The molecule has 20 heavy (non-hydrogen) atoms. The molecule has 2 aromatic rings. The summed E-state index contributed by atoms with van der Waals surface area (Å²) in [7, 11) is 1.47. The molecule has 2 rings (SSSR count). The van der Waals surface area contributed by atoms with Gasteiger partial charge in [-0.1, -0.05) is 36.3 Å². The highest BCUT2D eigenvalue weighted by Gasteiger charge is 2.02. The lowest BCUT2D eigenvalue weighted by Gasteiger charge is -2.02. The highest BCUT2D eigenvalue weighted by Crippen LogP contribution is 2.25. The Morgan fingerprint density at radius 3 is 2.65 bits per heavy atom.